The maximum absolute atomic E-state index is 13.8. The molecule has 2 aromatic carbocycles. The quantitative estimate of drug-likeness (QED) is 0.528. The normalized spacial score (nSPS) is 27.6. The fourth-order valence-corrected chi connectivity index (χ4v) is 5.71. The lowest BCUT2D eigenvalue weighted by molar-refractivity contribution is -0.734. The first kappa shape index (κ1) is 21.1. The average Bonchev–Trinajstić information content (AvgIpc) is 3.39. The number of rotatable bonds is 6. The number of methoxy groups -OCH3 is 1. The minimum atomic E-state index is -1.26. The van der Waals surface area contributed by atoms with Gasteiger partial charge >= 0.3 is 0 Å². The molecule has 4 atom stereocenters. The van der Waals surface area contributed by atoms with E-state index in [1.54, 1.807) is 18.2 Å². The van der Waals surface area contributed by atoms with E-state index in [1.165, 1.54) is 12.0 Å². The summed E-state index contributed by atoms with van der Waals surface area (Å²) in [6.07, 6.45) is 0.368. The number of anilines is 1. The van der Waals surface area contributed by atoms with Crippen molar-refractivity contribution < 1.29 is 29.2 Å². The molecule has 9 nitrogen and oxygen atoms in total. The van der Waals surface area contributed by atoms with Crippen molar-refractivity contribution in [3.63, 3.8) is 0 Å². The van der Waals surface area contributed by atoms with E-state index >= 15 is 0 Å². The summed E-state index contributed by atoms with van der Waals surface area (Å²) < 4.78 is 5.39. The Bertz CT molecular complexity index is 1180. The third kappa shape index (κ3) is 3.03. The van der Waals surface area contributed by atoms with E-state index in [0.29, 0.717) is 29.0 Å². The van der Waals surface area contributed by atoms with Crippen LogP contribution in [0.25, 0.3) is 0 Å². The van der Waals surface area contributed by atoms with Crippen LogP contribution in [0.4, 0.5) is 5.69 Å². The van der Waals surface area contributed by atoms with Gasteiger partial charge in [0.05, 0.1) is 19.3 Å². The highest BCUT2D eigenvalue weighted by Crippen LogP contribution is 2.49. The molecule has 0 radical (unpaired) electrons. The first-order chi connectivity index (χ1) is 15.9. The van der Waals surface area contributed by atoms with E-state index in [0.717, 1.165) is 0 Å². The summed E-state index contributed by atoms with van der Waals surface area (Å²) in [5.41, 5.74) is 6.13. The molecule has 2 saturated heterocycles. The summed E-state index contributed by atoms with van der Waals surface area (Å²) >= 11 is 0. The van der Waals surface area contributed by atoms with Crippen LogP contribution in [0.2, 0.25) is 0 Å². The summed E-state index contributed by atoms with van der Waals surface area (Å²) in [6, 6.07) is 14.0. The number of para-hydroxylation sites is 2. The minimum absolute atomic E-state index is 0.0521. The Balaban J connectivity index is 1.57. The van der Waals surface area contributed by atoms with E-state index in [-0.39, 0.29) is 30.7 Å². The lowest BCUT2D eigenvalue weighted by Crippen LogP contribution is -2.99. The van der Waals surface area contributed by atoms with Crippen LogP contribution in [0.15, 0.2) is 48.5 Å². The molecule has 0 aliphatic carbocycles. The number of nitrogens with zero attached hydrogens (tertiary/aromatic N) is 1. The molecule has 2 fully saturated rings. The number of amides is 4. The Morgan fingerprint density at radius 3 is 2.61 bits per heavy atom. The van der Waals surface area contributed by atoms with E-state index in [9.17, 15) is 19.2 Å². The molecule has 4 amide bonds. The second kappa shape index (κ2) is 7.70. The van der Waals surface area contributed by atoms with Crippen molar-refractivity contribution in [3.8, 4) is 5.75 Å². The molecule has 2 aromatic rings. The van der Waals surface area contributed by atoms with Gasteiger partial charge in [0.25, 0.3) is 5.91 Å². The molecule has 3 aliphatic rings. The Morgan fingerprint density at radius 2 is 1.85 bits per heavy atom. The first-order valence-electron chi connectivity index (χ1n) is 10.9. The van der Waals surface area contributed by atoms with Crippen molar-refractivity contribution in [2.75, 3.05) is 12.4 Å². The fourth-order valence-electron chi connectivity index (χ4n) is 5.71. The van der Waals surface area contributed by atoms with Crippen LogP contribution in [-0.2, 0) is 31.3 Å². The second-order valence-corrected chi connectivity index (χ2v) is 8.78. The molecular formula is C24H25N4O5+. The predicted molar refractivity (Wildman–Crippen MR) is 116 cm³/mol. The first-order valence-corrected chi connectivity index (χ1v) is 10.9. The van der Waals surface area contributed by atoms with Gasteiger partial charge in [-0.05, 0) is 12.1 Å². The number of quaternary nitrogens is 1. The number of benzene rings is 2. The molecule has 3 heterocycles. The van der Waals surface area contributed by atoms with Gasteiger partial charge in [-0.15, -0.1) is 0 Å². The maximum Gasteiger partial charge on any atom is 0.291 e. The van der Waals surface area contributed by atoms with Crippen molar-refractivity contribution >= 4 is 29.3 Å². The summed E-state index contributed by atoms with van der Waals surface area (Å²) in [5, 5.41) is 4.69. The van der Waals surface area contributed by atoms with Crippen LogP contribution in [0, 0.1) is 11.8 Å². The van der Waals surface area contributed by atoms with Crippen LogP contribution in [0.1, 0.15) is 24.0 Å². The molecular weight excluding hydrogens is 424 g/mol. The van der Waals surface area contributed by atoms with Gasteiger partial charge in [-0.25, -0.2) is 0 Å². The van der Waals surface area contributed by atoms with Crippen molar-refractivity contribution in [1.82, 2.24) is 4.90 Å². The third-order valence-electron chi connectivity index (χ3n) is 7.11. The van der Waals surface area contributed by atoms with Crippen LogP contribution in [-0.4, -0.2) is 41.7 Å². The van der Waals surface area contributed by atoms with Crippen molar-refractivity contribution in [2.45, 2.75) is 31.0 Å². The Hall–Kier alpha value is -3.72. The van der Waals surface area contributed by atoms with Crippen LogP contribution in [0.5, 0.6) is 5.75 Å². The molecule has 0 aromatic heterocycles. The molecule has 5 rings (SSSR count). The van der Waals surface area contributed by atoms with Crippen molar-refractivity contribution in [3.05, 3.63) is 59.7 Å². The summed E-state index contributed by atoms with van der Waals surface area (Å²) in [4.78, 5) is 53.5. The smallest absolute Gasteiger partial charge is 0.291 e. The molecule has 1 spiro atoms. The van der Waals surface area contributed by atoms with Gasteiger partial charge in [0, 0.05) is 24.0 Å². The number of nitrogens with one attached hydrogen (secondary N) is 1. The summed E-state index contributed by atoms with van der Waals surface area (Å²) in [5.74, 6) is -2.56. The number of fused-ring (bicyclic) bond motifs is 4. The molecule has 33 heavy (non-hydrogen) atoms. The SMILES string of the molecule is COc1ccccc1CN1C(=O)[C@H]2[C@H](CCC(N)=O)[NH2+][C@@]3(C(=O)Nc4ccccc43)[C@H]2C1=O. The van der Waals surface area contributed by atoms with E-state index in [2.05, 4.69) is 5.32 Å². The fraction of sp³-hybridized carbons (Fsp3) is 0.333. The molecule has 0 unspecified atom stereocenters. The minimum Gasteiger partial charge on any atom is -0.496 e. The van der Waals surface area contributed by atoms with Gasteiger partial charge in [-0.2, -0.15) is 0 Å². The highest BCUT2D eigenvalue weighted by atomic mass is 16.5. The Morgan fingerprint density at radius 1 is 1.12 bits per heavy atom. The van der Waals surface area contributed by atoms with Crippen molar-refractivity contribution in [2.24, 2.45) is 17.6 Å². The van der Waals surface area contributed by atoms with Crippen LogP contribution in [0.3, 0.4) is 0 Å². The van der Waals surface area contributed by atoms with Gasteiger partial charge < -0.3 is 21.1 Å². The molecule has 9 heteroatoms. The van der Waals surface area contributed by atoms with Gasteiger partial charge in [0.1, 0.15) is 23.6 Å². The standard InChI is InChI=1S/C24H24N4O5/c1-33-17-9-5-2-6-13(17)12-28-21(30)19-16(10-11-18(25)29)27-24(20(19)22(28)31)14-7-3-4-8-15(14)26-23(24)32/h2-9,16,19-20,27H,10-12H2,1H3,(H2,25,29)(H,26,32)/p+1/t16-,19-,20+,24+/m0/s1. The van der Waals surface area contributed by atoms with Crippen LogP contribution < -0.4 is 21.1 Å². The molecule has 0 bridgehead atoms. The summed E-state index contributed by atoms with van der Waals surface area (Å²) in [6.45, 7) is 0.0521. The third-order valence-corrected chi connectivity index (χ3v) is 7.11. The van der Waals surface area contributed by atoms with Gasteiger partial charge in [-0.3, -0.25) is 24.1 Å². The highest BCUT2D eigenvalue weighted by Gasteiger charge is 2.74. The largest absolute Gasteiger partial charge is 0.496 e. The number of carbonyl (C=O) groups excluding carboxylic acids is 4. The highest BCUT2D eigenvalue weighted by molar-refractivity contribution is 6.13. The zero-order valence-corrected chi connectivity index (χ0v) is 18.1. The number of imide groups is 1. The van der Waals surface area contributed by atoms with E-state index in [1.807, 2.05) is 35.6 Å². The molecule has 5 N–H and O–H groups in total. The summed E-state index contributed by atoms with van der Waals surface area (Å²) in [7, 11) is 1.53. The average molecular weight is 449 g/mol. The molecule has 170 valence electrons. The predicted octanol–water partition coefficient (Wildman–Crippen LogP) is -0.145. The number of likely N-dealkylation sites (tertiary alicyclic amines) is 1. The lowest BCUT2D eigenvalue weighted by atomic mass is 9.76. The second-order valence-electron chi connectivity index (χ2n) is 8.78. The number of hydrogen-bond acceptors (Lipinski definition) is 5. The van der Waals surface area contributed by atoms with Crippen molar-refractivity contribution in [1.29, 1.82) is 0 Å². The Kier molecular flexibility index (Phi) is 4.93. The van der Waals surface area contributed by atoms with Gasteiger partial charge in [0.2, 0.25) is 23.3 Å². The number of hydrogen-bond donors (Lipinski definition) is 3. The van der Waals surface area contributed by atoms with E-state index < -0.39 is 29.3 Å². The number of nitrogens with two attached hydrogens (primary N) is 2. The zero-order chi connectivity index (χ0) is 23.3. The van der Waals surface area contributed by atoms with Gasteiger partial charge in [-0.1, -0.05) is 36.4 Å². The molecule has 3 aliphatic heterocycles. The number of carbonyl (C=O) groups is 4. The van der Waals surface area contributed by atoms with E-state index in [4.69, 9.17) is 10.5 Å². The lowest BCUT2D eigenvalue weighted by Gasteiger charge is -2.26. The maximum atomic E-state index is 13.8. The molecule has 0 saturated carbocycles. The number of ether oxygens (including phenoxy) is 1. The zero-order valence-electron chi connectivity index (χ0n) is 18.1. The number of primary amides is 1. The Labute approximate surface area is 190 Å². The van der Waals surface area contributed by atoms with Gasteiger partial charge in [0.15, 0.2) is 0 Å². The van der Waals surface area contributed by atoms with Crippen LogP contribution >= 0.6 is 0 Å². The topological polar surface area (TPSA) is 135 Å². The monoisotopic (exact) mass is 449 g/mol.